The van der Waals surface area contributed by atoms with E-state index in [1.807, 2.05) is 36.4 Å². The van der Waals surface area contributed by atoms with Gasteiger partial charge >= 0.3 is 0 Å². The van der Waals surface area contributed by atoms with E-state index in [-0.39, 0.29) is 23.2 Å². The van der Waals surface area contributed by atoms with Crippen LogP contribution in [-0.2, 0) is 0 Å². The highest BCUT2D eigenvalue weighted by Gasteiger charge is 2.21. The largest absolute Gasteiger partial charge is 0.495 e. The van der Waals surface area contributed by atoms with E-state index in [1.165, 1.54) is 18.7 Å². The number of amides is 1. The molecular formula is C27H25N3O4S. The van der Waals surface area contributed by atoms with Crippen LogP contribution in [-0.4, -0.2) is 40.3 Å². The number of aromatic nitrogens is 2. The molecule has 7 nitrogen and oxygen atoms in total. The molecule has 1 amide bonds. The molecule has 4 rings (SSSR count). The van der Waals surface area contributed by atoms with Gasteiger partial charge in [0.25, 0.3) is 5.91 Å². The predicted octanol–water partition coefficient (Wildman–Crippen LogP) is 5.62. The Labute approximate surface area is 207 Å². The summed E-state index contributed by atoms with van der Waals surface area (Å²) < 4.78 is 5.34. The van der Waals surface area contributed by atoms with E-state index in [1.54, 1.807) is 39.2 Å². The lowest BCUT2D eigenvalue weighted by Crippen LogP contribution is -2.14. The Kier molecular flexibility index (Phi) is 7.02. The van der Waals surface area contributed by atoms with Crippen molar-refractivity contribution in [3.05, 3.63) is 82.7 Å². The molecule has 0 fully saturated rings. The number of ether oxygens (including phenoxy) is 1. The van der Waals surface area contributed by atoms with E-state index in [4.69, 9.17) is 4.74 Å². The van der Waals surface area contributed by atoms with Crippen molar-refractivity contribution in [2.45, 2.75) is 25.8 Å². The molecule has 2 aromatic heterocycles. The maximum Gasteiger partial charge on any atom is 0.256 e. The van der Waals surface area contributed by atoms with Gasteiger partial charge in [0.1, 0.15) is 5.75 Å². The van der Waals surface area contributed by atoms with Crippen LogP contribution < -0.4 is 10.1 Å². The number of hydrogen-bond acceptors (Lipinski definition) is 6. The number of aromatic amines is 1. The Balaban J connectivity index is 1.61. The highest BCUT2D eigenvalue weighted by molar-refractivity contribution is 7.99. The fraction of sp³-hybridized carbons (Fsp3) is 0.185. The van der Waals surface area contributed by atoms with Gasteiger partial charge in [0.15, 0.2) is 11.6 Å². The molecular weight excluding hydrogens is 462 g/mol. The number of thioether (sulfide) groups is 1. The van der Waals surface area contributed by atoms with Crippen molar-refractivity contribution < 1.29 is 19.1 Å². The minimum atomic E-state index is -0.303. The van der Waals surface area contributed by atoms with Crippen molar-refractivity contribution in [3.8, 4) is 5.75 Å². The zero-order chi connectivity index (χ0) is 25.1. The van der Waals surface area contributed by atoms with Gasteiger partial charge in [-0.15, -0.1) is 0 Å². The third-order valence-electron chi connectivity index (χ3n) is 5.71. The van der Waals surface area contributed by atoms with Crippen LogP contribution in [0.2, 0.25) is 0 Å². The molecule has 2 N–H and O–H groups in total. The number of anilines is 1. The van der Waals surface area contributed by atoms with Crippen LogP contribution in [0.15, 0.2) is 59.6 Å². The molecule has 0 saturated carbocycles. The number of carbonyl (C=O) groups excluding carboxylic acids is 3. The zero-order valence-corrected chi connectivity index (χ0v) is 20.7. The van der Waals surface area contributed by atoms with E-state index in [0.717, 1.165) is 0 Å². The van der Waals surface area contributed by atoms with Crippen LogP contribution in [0.4, 0.5) is 5.69 Å². The fourth-order valence-electron chi connectivity index (χ4n) is 4.12. The van der Waals surface area contributed by atoms with Crippen molar-refractivity contribution in [2.24, 2.45) is 0 Å². The molecule has 0 bridgehead atoms. The van der Waals surface area contributed by atoms with Crippen molar-refractivity contribution in [2.75, 3.05) is 18.2 Å². The number of aryl methyl sites for hydroxylation is 1. The van der Waals surface area contributed by atoms with Gasteiger partial charge in [0, 0.05) is 16.6 Å². The highest BCUT2D eigenvalue weighted by Crippen LogP contribution is 2.28. The molecule has 0 aliphatic carbocycles. The van der Waals surface area contributed by atoms with E-state index in [9.17, 15) is 14.4 Å². The molecule has 0 aliphatic rings. The minimum absolute atomic E-state index is 0.0788. The summed E-state index contributed by atoms with van der Waals surface area (Å²) in [6, 6.07) is 16.3. The lowest BCUT2D eigenvalue weighted by Gasteiger charge is -2.12. The number of carbonyl (C=O) groups is 3. The van der Waals surface area contributed by atoms with Crippen LogP contribution in [0.1, 0.15) is 49.4 Å². The van der Waals surface area contributed by atoms with Crippen LogP contribution in [0.25, 0.3) is 10.9 Å². The van der Waals surface area contributed by atoms with Gasteiger partial charge in [-0.25, -0.2) is 4.98 Å². The lowest BCUT2D eigenvalue weighted by molar-refractivity contribution is 0.101. The topological polar surface area (TPSA) is 101 Å². The summed E-state index contributed by atoms with van der Waals surface area (Å²) in [4.78, 5) is 45.8. The summed E-state index contributed by atoms with van der Waals surface area (Å²) >= 11 is 1.25. The van der Waals surface area contributed by atoms with Gasteiger partial charge in [-0.3, -0.25) is 14.4 Å². The van der Waals surface area contributed by atoms with Crippen LogP contribution in [0.5, 0.6) is 5.75 Å². The molecule has 0 unspecified atom stereocenters. The Morgan fingerprint density at radius 1 is 1.06 bits per heavy atom. The quantitative estimate of drug-likeness (QED) is 0.247. The Hall–Kier alpha value is -3.91. The molecule has 0 atom stereocenters. The summed E-state index contributed by atoms with van der Waals surface area (Å²) in [5, 5.41) is 4.17. The number of benzene rings is 2. The summed E-state index contributed by atoms with van der Waals surface area (Å²) in [7, 11) is 1.55. The average Bonchev–Trinajstić information content (AvgIpc) is 3.16. The van der Waals surface area contributed by atoms with E-state index in [0.29, 0.717) is 55.4 Å². The summed E-state index contributed by atoms with van der Waals surface area (Å²) in [6.45, 7) is 5.04. The molecule has 8 heteroatoms. The molecule has 0 spiro atoms. The summed E-state index contributed by atoms with van der Waals surface area (Å²) in [5.74, 6) is 0.143. The number of nitrogens with zero attached hydrogens (tertiary/aromatic N) is 1. The van der Waals surface area contributed by atoms with Gasteiger partial charge in [-0.1, -0.05) is 42.1 Å². The van der Waals surface area contributed by atoms with Gasteiger partial charge in [0.2, 0.25) is 0 Å². The average molecular weight is 488 g/mol. The number of ketones is 2. The molecule has 0 radical (unpaired) electrons. The normalized spacial score (nSPS) is 10.9. The number of rotatable bonds is 8. The van der Waals surface area contributed by atoms with Crippen molar-refractivity contribution in [1.82, 2.24) is 9.97 Å². The monoisotopic (exact) mass is 487 g/mol. The maximum absolute atomic E-state index is 13.2. The molecule has 0 aliphatic heterocycles. The minimum Gasteiger partial charge on any atom is -0.495 e. The van der Waals surface area contributed by atoms with Crippen LogP contribution >= 0.6 is 11.8 Å². The first kappa shape index (κ1) is 24.2. The number of nitrogens with one attached hydrogen (secondary N) is 2. The number of pyridine rings is 1. The number of Topliss-reactive ketones (excluding diaryl/α,β-unsaturated/α-hetero) is 2. The van der Waals surface area contributed by atoms with E-state index < -0.39 is 0 Å². The Morgan fingerprint density at radius 3 is 2.49 bits per heavy atom. The number of fused-ring (bicyclic) bond motifs is 1. The van der Waals surface area contributed by atoms with Crippen molar-refractivity contribution >= 4 is 45.8 Å². The van der Waals surface area contributed by atoms with Crippen molar-refractivity contribution in [3.63, 3.8) is 0 Å². The molecule has 35 heavy (non-hydrogen) atoms. The molecule has 2 heterocycles. The smallest absolute Gasteiger partial charge is 0.256 e. The second kappa shape index (κ2) is 10.1. The standard InChI is InChI=1S/C27H25N3O4S/c1-15-25(17(3)31)16(2)28-26(15)22(32)14-35-24-13-19(18-9-5-6-10-20(18)29-24)27(33)30-21-11-7-8-12-23(21)34-4/h5-13,28H,14H2,1-4H3,(H,30,33). The van der Waals surface area contributed by atoms with Gasteiger partial charge in [-0.2, -0.15) is 0 Å². The summed E-state index contributed by atoms with van der Waals surface area (Å²) in [5.41, 5.74) is 3.98. The third kappa shape index (κ3) is 4.97. The Morgan fingerprint density at radius 2 is 1.77 bits per heavy atom. The molecule has 178 valence electrons. The number of hydrogen-bond donors (Lipinski definition) is 2. The maximum atomic E-state index is 13.2. The van der Waals surface area contributed by atoms with Crippen LogP contribution in [0, 0.1) is 13.8 Å². The van der Waals surface area contributed by atoms with E-state index >= 15 is 0 Å². The number of H-pyrrole nitrogens is 1. The third-order valence-corrected chi connectivity index (χ3v) is 6.62. The molecule has 2 aromatic carbocycles. The van der Waals surface area contributed by atoms with Crippen LogP contribution in [0.3, 0.4) is 0 Å². The summed E-state index contributed by atoms with van der Waals surface area (Å²) in [6.07, 6.45) is 0. The fourth-order valence-corrected chi connectivity index (χ4v) is 4.91. The molecule has 4 aromatic rings. The van der Waals surface area contributed by atoms with Crippen molar-refractivity contribution in [1.29, 1.82) is 0 Å². The number of methoxy groups -OCH3 is 1. The Bertz CT molecular complexity index is 1460. The highest BCUT2D eigenvalue weighted by atomic mass is 32.2. The first-order chi connectivity index (χ1) is 16.8. The van der Waals surface area contributed by atoms with E-state index in [2.05, 4.69) is 15.3 Å². The van der Waals surface area contributed by atoms with Gasteiger partial charge < -0.3 is 15.0 Å². The second-order valence-corrected chi connectivity index (χ2v) is 9.07. The number of para-hydroxylation sites is 3. The lowest BCUT2D eigenvalue weighted by atomic mass is 10.1. The molecule has 0 saturated heterocycles. The van der Waals surface area contributed by atoms with Gasteiger partial charge in [0.05, 0.1) is 40.4 Å². The zero-order valence-electron chi connectivity index (χ0n) is 19.9. The predicted molar refractivity (Wildman–Crippen MR) is 138 cm³/mol. The van der Waals surface area contributed by atoms with Gasteiger partial charge in [-0.05, 0) is 50.6 Å². The SMILES string of the molecule is COc1ccccc1NC(=O)c1cc(SCC(=O)c2[nH]c(C)c(C(C)=O)c2C)nc2ccccc12. The first-order valence-corrected chi connectivity index (χ1v) is 12.0. The second-order valence-electron chi connectivity index (χ2n) is 8.07. The first-order valence-electron chi connectivity index (χ1n) is 11.0.